The number of hydrogen-bond donors (Lipinski definition) is 2. The van der Waals surface area contributed by atoms with E-state index in [-0.39, 0.29) is 34.6 Å². The third-order valence-electron chi connectivity index (χ3n) is 7.93. The Labute approximate surface area is 220 Å². The van der Waals surface area contributed by atoms with Gasteiger partial charge in [-0.15, -0.1) is 0 Å². The molecule has 0 spiro atoms. The lowest BCUT2D eigenvalue weighted by Gasteiger charge is -2.40. The predicted octanol–water partition coefficient (Wildman–Crippen LogP) is 3.96. The Hall–Kier alpha value is -3.08. The Kier molecular flexibility index (Phi) is 6.69. The number of benzene rings is 1. The van der Waals surface area contributed by atoms with E-state index in [0.29, 0.717) is 18.4 Å². The van der Waals surface area contributed by atoms with Crippen LogP contribution in [0.2, 0.25) is 0 Å². The Bertz CT molecular complexity index is 1330. The molecule has 2 atom stereocenters. The third-order valence-corrected chi connectivity index (χ3v) is 9.04. The SMILES string of the molecule is C=C(NCC(F)(F)F)c1ccc(N2C3CCC2CC(NC(=O)C2(c4cccc(S(C)(=O)=O)c4)CC2)C3)nc1. The normalized spacial score (nSPS) is 24.1. The molecule has 2 bridgehead atoms. The zero-order valence-corrected chi connectivity index (χ0v) is 21.9. The van der Waals surface area contributed by atoms with E-state index in [1.165, 1.54) is 12.5 Å². The molecular weight excluding hydrogens is 517 g/mol. The number of pyridine rings is 1. The molecule has 1 aromatic heterocycles. The van der Waals surface area contributed by atoms with E-state index in [2.05, 4.69) is 27.1 Å². The quantitative estimate of drug-likeness (QED) is 0.519. The maximum atomic E-state index is 13.4. The molecule has 38 heavy (non-hydrogen) atoms. The molecule has 1 amide bonds. The van der Waals surface area contributed by atoms with Crippen molar-refractivity contribution in [3.05, 3.63) is 60.3 Å². The monoisotopic (exact) mass is 548 g/mol. The van der Waals surface area contributed by atoms with E-state index < -0.39 is 28.0 Å². The third kappa shape index (κ3) is 5.39. The number of alkyl halides is 3. The Morgan fingerprint density at radius 3 is 2.39 bits per heavy atom. The summed E-state index contributed by atoms with van der Waals surface area (Å²) in [5.41, 5.74) is 0.745. The van der Waals surface area contributed by atoms with Crippen LogP contribution in [0.1, 0.15) is 49.7 Å². The highest BCUT2D eigenvalue weighted by atomic mass is 32.2. The van der Waals surface area contributed by atoms with Crippen LogP contribution in [0.5, 0.6) is 0 Å². The molecule has 3 heterocycles. The first-order valence-corrected chi connectivity index (χ1v) is 14.6. The minimum Gasteiger partial charge on any atom is -0.376 e. The molecule has 2 unspecified atom stereocenters. The van der Waals surface area contributed by atoms with Gasteiger partial charge in [0.2, 0.25) is 5.91 Å². The lowest BCUT2D eigenvalue weighted by atomic mass is 9.92. The zero-order chi connectivity index (χ0) is 27.3. The molecule has 0 radical (unpaired) electrons. The average molecular weight is 549 g/mol. The molecule has 11 heteroatoms. The number of amides is 1. The minimum absolute atomic E-state index is 0.0115. The first-order chi connectivity index (χ1) is 17.9. The fourth-order valence-electron chi connectivity index (χ4n) is 5.82. The largest absolute Gasteiger partial charge is 0.405 e. The van der Waals surface area contributed by atoms with Crippen molar-refractivity contribution in [2.45, 2.75) is 73.1 Å². The minimum atomic E-state index is -4.32. The summed E-state index contributed by atoms with van der Waals surface area (Å²) in [6.45, 7) is 2.53. The van der Waals surface area contributed by atoms with Crippen LogP contribution in [-0.2, 0) is 20.0 Å². The molecule has 7 nitrogen and oxygen atoms in total. The highest BCUT2D eigenvalue weighted by molar-refractivity contribution is 7.90. The van der Waals surface area contributed by atoms with E-state index in [4.69, 9.17) is 0 Å². The summed E-state index contributed by atoms with van der Waals surface area (Å²) in [6.07, 6.45) is 3.25. The van der Waals surface area contributed by atoms with E-state index in [9.17, 15) is 26.4 Å². The number of halogens is 3. The smallest absolute Gasteiger partial charge is 0.376 e. The first-order valence-electron chi connectivity index (χ1n) is 12.7. The lowest BCUT2D eigenvalue weighted by molar-refractivity contribution is -0.124. The second-order valence-electron chi connectivity index (χ2n) is 10.7. The number of aromatic nitrogens is 1. The van der Waals surface area contributed by atoms with Gasteiger partial charge in [-0.25, -0.2) is 13.4 Å². The Morgan fingerprint density at radius 2 is 1.84 bits per heavy atom. The molecule has 1 saturated carbocycles. The summed E-state index contributed by atoms with van der Waals surface area (Å²) in [5.74, 6) is 0.722. The van der Waals surface area contributed by atoms with Crippen molar-refractivity contribution in [3.8, 4) is 0 Å². The summed E-state index contributed by atoms with van der Waals surface area (Å²) in [7, 11) is -3.36. The zero-order valence-electron chi connectivity index (χ0n) is 21.1. The van der Waals surface area contributed by atoms with Crippen LogP contribution in [-0.4, -0.2) is 56.4 Å². The molecule has 5 rings (SSSR count). The van der Waals surface area contributed by atoms with Crippen LogP contribution in [0.3, 0.4) is 0 Å². The van der Waals surface area contributed by atoms with Gasteiger partial charge in [0.15, 0.2) is 9.84 Å². The highest BCUT2D eigenvalue weighted by Crippen LogP contribution is 2.49. The van der Waals surface area contributed by atoms with Gasteiger partial charge in [0.25, 0.3) is 0 Å². The maximum Gasteiger partial charge on any atom is 0.405 e. The summed E-state index contributed by atoms with van der Waals surface area (Å²) in [4.78, 5) is 20.4. The van der Waals surface area contributed by atoms with Gasteiger partial charge in [-0.1, -0.05) is 18.7 Å². The number of nitrogens with zero attached hydrogens (tertiary/aromatic N) is 2. The standard InChI is InChI=1S/C27H31F3N4O3S/c1-17(32-16-27(28,29)30)18-6-9-24(31-15-18)34-21-7-8-22(34)14-20(13-21)33-25(35)26(10-11-26)19-4-3-5-23(12-19)38(2,36)37/h3-6,9,12,15,20-22,32H,1,7-8,10-11,13-14,16H2,2H3,(H,33,35). The molecule has 2 aromatic rings. The van der Waals surface area contributed by atoms with Gasteiger partial charge in [-0.05, 0) is 68.4 Å². The summed E-state index contributed by atoms with van der Waals surface area (Å²) >= 11 is 0. The van der Waals surface area contributed by atoms with E-state index in [1.807, 2.05) is 12.1 Å². The predicted molar refractivity (Wildman–Crippen MR) is 138 cm³/mol. The van der Waals surface area contributed by atoms with Crippen LogP contribution >= 0.6 is 0 Å². The molecule has 2 saturated heterocycles. The van der Waals surface area contributed by atoms with Gasteiger partial charge in [0, 0.05) is 41.8 Å². The van der Waals surface area contributed by atoms with Gasteiger partial charge in [-0.3, -0.25) is 4.79 Å². The van der Waals surface area contributed by atoms with Gasteiger partial charge in [-0.2, -0.15) is 13.2 Å². The Balaban J connectivity index is 1.22. The van der Waals surface area contributed by atoms with Crippen molar-refractivity contribution < 1.29 is 26.4 Å². The molecular formula is C27H31F3N4O3S. The lowest BCUT2D eigenvalue weighted by Crippen LogP contribution is -2.52. The number of nitrogens with one attached hydrogen (secondary N) is 2. The number of sulfone groups is 1. The van der Waals surface area contributed by atoms with Crippen molar-refractivity contribution in [2.75, 3.05) is 17.7 Å². The second-order valence-corrected chi connectivity index (χ2v) is 12.7. The molecule has 2 aliphatic heterocycles. The van der Waals surface area contributed by atoms with E-state index >= 15 is 0 Å². The molecule has 1 aromatic carbocycles. The molecule has 3 aliphatic rings. The van der Waals surface area contributed by atoms with Crippen LogP contribution in [0.25, 0.3) is 5.70 Å². The number of carbonyl (C=O) groups is 1. The number of carbonyl (C=O) groups excluding carboxylic acids is 1. The molecule has 3 fully saturated rings. The second kappa shape index (κ2) is 9.59. The fourth-order valence-corrected chi connectivity index (χ4v) is 6.48. The molecule has 204 valence electrons. The highest BCUT2D eigenvalue weighted by Gasteiger charge is 2.52. The van der Waals surface area contributed by atoms with Crippen LogP contribution in [0, 0.1) is 0 Å². The first kappa shape index (κ1) is 26.5. The van der Waals surface area contributed by atoms with Crippen LogP contribution in [0.15, 0.2) is 54.1 Å². The van der Waals surface area contributed by atoms with E-state index in [1.54, 1.807) is 24.3 Å². The topological polar surface area (TPSA) is 91.4 Å². The number of hydrogen-bond acceptors (Lipinski definition) is 6. The molecule has 2 N–H and O–H groups in total. The van der Waals surface area contributed by atoms with Gasteiger partial charge in [0.1, 0.15) is 12.4 Å². The van der Waals surface area contributed by atoms with Gasteiger partial charge in [0.05, 0.1) is 10.3 Å². The fraction of sp³-hybridized carbons (Fsp3) is 0.481. The number of rotatable bonds is 8. The van der Waals surface area contributed by atoms with Crippen molar-refractivity contribution in [1.29, 1.82) is 0 Å². The van der Waals surface area contributed by atoms with Crippen LogP contribution in [0.4, 0.5) is 19.0 Å². The maximum absolute atomic E-state index is 13.4. The number of anilines is 1. The van der Waals surface area contributed by atoms with Crippen molar-refractivity contribution in [1.82, 2.24) is 15.6 Å². The number of piperidine rings is 1. The van der Waals surface area contributed by atoms with Crippen molar-refractivity contribution in [3.63, 3.8) is 0 Å². The van der Waals surface area contributed by atoms with Crippen molar-refractivity contribution in [2.24, 2.45) is 0 Å². The van der Waals surface area contributed by atoms with E-state index in [0.717, 1.165) is 37.1 Å². The van der Waals surface area contributed by atoms with Crippen LogP contribution < -0.4 is 15.5 Å². The Morgan fingerprint density at radius 1 is 1.16 bits per heavy atom. The summed E-state index contributed by atoms with van der Waals surface area (Å²) in [6, 6.07) is 10.6. The van der Waals surface area contributed by atoms with Gasteiger partial charge >= 0.3 is 6.18 Å². The summed E-state index contributed by atoms with van der Waals surface area (Å²) < 4.78 is 61.5. The average Bonchev–Trinajstić information content (AvgIpc) is 3.63. The molecule has 1 aliphatic carbocycles. The number of fused-ring (bicyclic) bond motifs is 2. The van der Waals surface area contributed by atoms with Gasteiger partial charge < -0.3 is 15.5 Å². The summed E-state index contributed by atoms with van der Waals surface area (Å²) in [5, 5.41) is 5.54. The van der Waals surface area contributed by atoms with Crippen molar-refractivity contribution >= 4 is 27.3 Å².